The number of esters is 1. The highest BCUT2D eigenvalue weighted by Gasteiger charge is 2.35. The molecule has 0 radical (unpaired) electrons. The molecule has 0 aromatic heterocycles. The van der Waals surface area contributed by atoms with Crippen LogP contribution in [0.5, 0.6) is 0 Å². The largest absolute Gasteiger partial charge is 0.475 e. The molecule has 12 heteroatoms. The van der Waals surface area contributed by atoms with Crippen molar-refractivity contribution in [1.82, 2.24) is 0 Å². The summed E-state index contributed by atoms with van der Waals surface area (Å²) in [6.07, 6.45) is 11.7. The standard InChI is InChI=1S/C45H60O10P2/c1-2-3-4-5-6-7-8-9-10-11-24-33-45(46)49-38-44(55-57(48,52-36-42-29-20-14-21-30-42)53-37-43-31-22-15-23-32-43)39-54-56(47,50-34-40-25-16-12-17-26-40)51-35-41-27-18-13-19-28-41/h12-23,25-32,44H,2-11,24,33-39H2,1H3. The molecule has 310 valence electrons. The molecule has 0 bridgehead atoms. The van der Waals surface area contributed by atoms with Gasteiger partial charge in [0.15, 0.2) is 0 Å². The predicted molar refractivity (Wildman–Crippen MR) is 223 cm³/mol. The quantitative estimate of drug-likeness (QED) is 0.0276. The Labute approximate surface area is 339 Å². The molecule has 1 unspecified atom stereocenters. The van der Waals surface area contributed by atoms with Crippen molar-refractivity contribution in [2.45, 2.75) is 117 Å². The van der Waals surface area contributed by atoms with E-state index >= 15 is 0 Å². The molecule has 0 aliphatic rings. The van der Waals surface area contributed by atoms with Crippen molar-refractivity contribution in [3.63, 3.8) is 0 Å². The average molecular weight is 823 g/mol. The molecule has 4 aromatic carbocycles. The summed E-state index contributed by atoms with van der Waals surface area (Å²) in [6, 6.07) is 36.8. The van der Waals surface area contributed by atoms with Gasteiger partial charge in [-0.15, -0.1) is 0 Å². The normalized spacial score (nSPS) is 12.4. The van der Waals surface area contributed by atoms with Gasteiger partial charge in [0.25, 0.3) is 0 Å². The molecule has 0 heterocycles. The second-order valence-electron chi connectivity index (χ2n) is 13.9. The fourth-order valence-electron chi connectivity index (χ4n) is 5.78. The van der Waals surface area contributed by atoms with Crippen LogP contribution in [-0.4, -0.2) is 25.3 Å². The maximum atomic E-state index is 14.4. The number of phosphoric ester groups is 2. The number of carbonyl (C=O) groups excluding carboxylic acids is 1. The molecule has 10 nitrogen and oxygen atoms in total. The van der Waals surface area contributed by atoms with E-state index in [0.717, 1.165) is 41.5 Å². The van der Waals surface area contributed by atoms with Crippen molar-refractivity contribution in [2.75, 3.05) is 13.2 Å². The lowest BCUT2D eigenvalue weighted by atomic mass is 10.1. The monoisotopic (exact) mass is 822 g/mol. The van der Waals surface area contributed by atoms with Gasteiger partial charge in [0.05, 0.1) is 33.0 Å². The first-order valence-electron chi connectivity index (χ1n) is 20.3. The van der Waals surface area contributed by atoms with E-state index in [-0.39, 0.29) is 39.5 Å². The van der Waals surface area contributed by atoms with Crippen LogP contribution in [0.1, 0.15) is 106 Å². The van der Waals surface area contributed by atoms with Crippen LogP contribution < -0.4 is 0 Å². The summed E-state index contributed by atoms with van der Waals surface area (Å²) in [5, 5.41) is 0. The minimum absolute atomic E-state index is 0.0642. The maximum absolute atomic E-state index is 14.4. The molecular formula is C45H60O10P2. The van der Waals surface area contributed by atoms with Crippen LogP contribution in [0.25, 0.3) is 0 Å². The van der Waals surface area contributed by atoms with E-state index in [1.54, 1.807) is 0 Å². The average Bonchev–Trinajstić information content (AvgIpc) is 3.25. The highest BCUT2D eigenvalue weighted by molar-refractivity contribution is 7.48. The Hall–Kier alpha value is -3.43. The van der Waals surface area contributed by atoms with Crippen molar-refractivity contribution >= 4 is 21.6 Å². The summed E-state index contributed by atoms with van der Waals surface area (Å²) >= 11 is 0. The highest BCUT2D eigenvalue weighted by atomic mass is 31.2. The third kappa shape index (κ3) is 20.2. The van der Waals surface area contributed by atoms with Crippen LogP contribution in [0, 0.1) is 0 Å². The number of rotatable bonds is 31. The molecule has 0 aliphatic heterocycles. The Kier molecular flexibility index (Phi) is 22.2. The van der Waals surface area contributed by atoms with Crippen LogP contribution in [0.3, 0.4) is 0 Å². The number of ether oxygens (including phenoxy) is 1. The molecule has 1 atom stereocenters. The minimum atomic E-state index is -4.37. The predicted octanol–water partition coefficient (Wildman–Crippen LogP) is 12.7. The van der Waals surface area contributed by atoms with Gasteiger partial charge in [-0.1, -0.05) is 192 Å². The van der Waals surface area contributed by atoms with E-state index in [9.17, 15) is 13.9 Å². The number of phosphoric acid groups is 2. The fourth-order valence-corrected chi connectivity index (χ4v) is 8.26. The summed E-state index contributed by atoms with van der Waals surface area (Å²) in [4.78, 5) is 13.0. The van der Waals surface area contributed by atoms with E-state index in [1.807, 2.05) is 121 Å². The maximum Gasteiger partial charge on any atom is 0.475 e. The van der Waals surface area contributed by atoms with Crippen LogP contribution in [0.4, 0.5) is 0 Å². The number of carbonyl (C=O) groups is 1. The number of hydrogen-bond acceptors (Lipinski definition) is 10. The van der Waals surface area contributed by atoms with Crippen molar-refractivity contribution in [3.8, 4) is 0 Å². The van der Waals surface area contributed by atoms with Gasteiger partial charge in [0, 0.05) is 6.42 Å². The molecule has 0 spiro atoms. The number of benzene rings is 4. The zero-order valence-electron chi connectivity index (χ0n) is 33.3. The molecule has 0 fully saturated rings. The Morgan fingerprint density at radius 1 is 0.456 bits per heavy atom. The van der Waals surface area contributed by atoms with Gasteiger partial charge in [-0.25, -0.2) is 9.13 Å². The number of hydrogen-bond donors (Lipinski definition) is 0. The molecule has 0 saturated carbocycles. The number of unbranched alkanes of at least 4 members (excludes halogenated alkanes) is 10. The third-order valence-electron chi connectivity index (χ3n) is 9.04. The van der Waals surface area contributed by atoms with Crippen LogP contribution in [0.15, 0.2) is 121 Å². The molecule has 0 amide bonds. The SMILES string of the molecule is CCCCCCCCCCCCCC(=O)OCC(COP(=O)(OCc1ccccc1)OCc1ccccc1)OP(=O)(OCc1ccccc1)OCc1ccccc1. The lowest BCUT2D eigenvalue weighted by molar-refractivity contribution is -0.147. The summed E-state index contributed by atoms with van der Waals surface area (Å²) in [6.45, 7) is 1.07. The van der Waals surface area contributed by atoms with Gasteiger partial charge in [0.1, 0.15) is 12.7 Å². The lowest BCUT2D eigenvalue weighted by Gasteiger charge is -2.25. The summed E-state index contributed by atoms with van der Waals surface area (Å²) in [5.74, 6) is -0.436. The molecule has 0 N–H and O–H groups in total. The first-order valence-corrected chi connectivity index (χ1v) is 23.2. The van der Waals surface area contributed by atoms with E-state index in [0.29, 0.717) is 6.42 Å². The highest BCUT2D eigenvalue weighted by Crippen LogP contribution is 2.54. The zero-order chi connectivity index (χ0) is 40.3. The molecule has 4 rings (SSSR count). The summed E-state index contributed by atoms with van der Waals surface area (Å²) in [5.41, 5.74) is 2.98. The van der Waals surface area contributed by atoms with Gasteiger partial charge in [0.2, 0.25) is 0 Å². The Bertz CT molecular complexity index is 1630. The van der Waals surface area contributed by atoms with Crippen molar-refractivity contribution in [3.05, 3.63) is 144 Å². The molecular weight excluding hydrogens is 762 g/mol. The van der Waals surface area contributed by atoms with E-state index in [4.69, 9.17) is 31.9 Å². The van der Waals surface area contributed by atoms with E-state index in [1.165, 1.54) is 44.9 Å². The smallest absolute Gasteiger partial charge is 0.463 e. The topological polar surface area (TPSA) is 116 Å². The Balaban J connectivity index is 1.42. The van der Waals surface area contributed by atoms with Crippen LogP contribution in [0.2, 0.25) is 0 Å². The van der Waals surface area contributed by atoms with Crippen molar-refractivity contribution in [1.29, 1.82) is 0 Å². The van der Waals surface area contributed by atoms with Gasteiger partial charge < -0.3 is 4.74 Å². The van der Waals surface area contributed by atoms with Gasteiger partial charge >= 0.3 is 21.6 Å². The van der Waals surface area contributed by atoms with Crippen LogP contribution in [-0.2, 0) is 72.2 Å². The molecule has 0 saturated heterocycles. The lowest BCUT2D eigenvalue weighted by Crippen LogP contribution is -2.27. The van der Waals surface area contributed by atoms with E-state index < -0.39 is 34.3 Å². The Morgan fingerprint density at radius 3 is 1.19 bits per heavy atom. The zero-order valence-corrected chi connectivity index (χ0v) is 35.1. The minimum Gasteiger partial charge on any atom is -0.463 e. The van der Waals surface area contributed by atoms with Crippen LogP contribution >= 0.6 is 15.6 Å². The van der Waals surface area contributed by atoms with Gasteiger partial charge in [-0.2, -0.15) is 0 Å². The third-order valence-corrected chi connectivity index (χ3v) is 11.8. The second kappa shape index (κ2) is 27.3. The summed E-state index contributed by atoms with van der Waals surface area (Å²) < 4.78 is 69.3. The Morgan fingerprint density at radius 2 is 0.807 bits per heavy atom. The van der Waals surface area contributed by atoms with Crippen molar-refractivity contribution < 1.29 is 45.8 Å². The first kappa shape index (κ1) is 46.3. The van der Waals surface area contributed by atoms with E-state index in [2.05, 4.69) is 6.92 Å². The molecule has 57 heavy (non-hydrogen) atoms. The fraction of sp³-hybridized carbons (Fsp3) is 0.444. The second-order valence-corrected chi connectivity index (χ2v) is 17.2. The van der Waals surface area contributed by atoms with Gasteiger partial charge in [-0.05, 0) is 28.7 Å². The van der Waals surface area contributed by atoms with Gasteiger partial charge in [-0.3, -0.25) is 31.9 Å². The summed E-state index contributed by atoms with van der Waals surface area (Å²) in [7, 11) is -8.64. The molecule has 4 aromatic rings. The van der Waals surface area contributed by atoms with Crippen molar-refractivity contribution in [2.24, 2.45) is 0 Å². The first-order chi connectivity index (χ1) is 27.8. The molecule has 0 aliphatic carbocycles.